The fourth-order valence-electron chi connectivity index (χ4n) is 0.876. The molecular formula is C9H12OSi. The summed E-state index contributed by atoms with van der Waals surface area (Å²) in [4.78, 5) is 0. The van der Waals surface area contributed by atoms with Crippen LogP contribution in [0.15, 0.2) is 30.8 Å². The zero-order chi connectivity index (χ0) is 8.27. The minimum Gasteiger partial charge on any atom is -0.497 e. The van der Waals surface area contributed by atoms with E-state index in [0.29, 0.717) is 0 Å². The van der Waals surface area contributed by atoms with Crippen molar-refractivity contribution in [1.29, 1.82) is 0 Å². The van der Waals surface area contributed by atoms with E-state index >= 15 is 0 Å². The summed E-state index contributed by atoms with van der Waals surface area (Å²) >= 11 is 0. The van der Waals surface area contributed by atoms with Crippen molar-refractivity contribution in [2.75, 3.05) is 7.11 Å². The van der Waals surface area contributed by atoms with Crippen molar-refractivity contribution in [3.63, 3.8) is 0 Å². The van der Waals surface area contributed by atoms with E-state index in [1.807, 2.05) is 24.3 Å². The summed E-state index contributed by atoms with van der Waals surface area (Å²) in [6.45, 7) is 3.90. The highest BCUT2D eigenvalue weighted by Crippen LogP contribution is 2.14. The number of hydrogen-bond donors (Lipinski definition) is 0. The van der Waals surface area contributed by atoms with Gasteiger partial charge in [-0.3, -0.25) is 0 Å². The van der Waals surface area contributed by atoms with E-state index in [4.69, 9.17) is 4.74 Å². The van der Waals surface area contributed by atoms with Gasteiger partial charge in [-0.1, -0.05) is 17.3 Å². The molecule has 0 heterocycles. The maximum absolute atomic E-state index is 5.03. The molecule has 0 saturated heterocycles. The zero-order valence-corrected chi connectivity index (χ0v) is 8.92. The molecule has 1 aromatic carbocycles. The van der Waals surface area contributed by atoms with E-state index in [9.17, 15) is 0 Å². The lowest BCUT2D eigenvalue weighted by molar-refractivity contribution is 0.415. The normalized spacial score (nSPS) is 9.55. The maximum Gasteiger partial charge on any atom is 0.118 e. The van der Waals surface area contributed by atoms with Crippen LogP contribution >= 0.6 is 0 Å². The molecule has 0 saturated carbocycles. The van der Waals surface area contributed by atoms with Gasteiger partial charge in [0.1, 0.15) is 5.75 Å². The number of benzene rings is 1. The van der Waals surface area contributed by atoms with Crippen LogP contribution in [0.25, 0.3) is 5.20 Å². The fourth-order valence-corrected chi connectivity index (χ4v) is 1.21. The van der Waals surface area contributed by atoms with Crippen LogP contribution in [0.3, 0.4) is 0 Å². The molecule has 1 rings (SSSR count). The lowest BCUT2D eigenvalue weighted by Gasteiger charge is -2.01. The molecule has 0 aromatic heterocycles. The summed E-state index contributed by atoms with van der Waals surface area (Å²) in [7, 11) is 2.69. The third-order valence-corrected chi connectivity index (χ3v) is 2.16. The largest absolute Gasteiger partial charge is 0.497 e. The lowest BCUT2D eigenvalue weighted by atomic mass is 10.2. The predicted molar refractivity (Wildman–Crippen MR) is 52.0 cm³/mol. The van der Waals surface area contributed by atoms with E-state index in [-0.39, 0.29) is 0 Å². The van der Waals surface area contributed by atoms with Crippen molar-refractivity contribution < 1.29 is 4.74 Å². The van der Waals surface area contributed by atoms with Crippen LogP contribution in [0.5, 0.6) is 5.75 Å². The molecule has 0 amide bonds. The van der Waals surface area contributed by atoms with Gasteiger partial charge in [-0.15, -0.1) is 6.58 Å². The van der Waals surface area contributed by atoms with Crippen LogP contribution in [-0.2, 0) is 0 Å². The first-order valence-corrected chi connectivity index (χ1v) is 4.54. The number of ether oxygens (including phenoxy) is 1. The van der Waals surface area contributed by atoms with Gasteiger partial charge < -0.3 is 4.74 Å². The van der Waals surface area contributed by atoms with Crippen molar-refractivity contribution in [1.82, 2.24) is 0 Å². The Morgan fingerprint density at radius 3 is 2.27 bits per heavy atom. The summed E-state index contributed by atoms with van der Waals surface area (Å²) in [6.07, 6.45) is 0. The van der Waals surface area contributed by atoms with Crippen LogP contribution in [0.2, 0.25) is 0 Å². The molecule has 0 aliphatic carbocycles. The maximum atomic E-state index is 5.03. The quantitative estimate of drug-likeness (QED) is 0.593. The first-order chi connectivity index (χ1) is 5.24. The number of rotatable bonds is 2. The molecule has 2 heteroatoms. The monoisotopic (exact) mass is 164 g/mol. The minimum absolute atomic E-state index is 0.900. The standard InChI is InChI=1S/C9H12OSi/c1-7(11)8-3-5-9(10-2)6-4-8/h3-6H,1H2,2,11H3. The molecule has 0 fully saturated rings. The molecule has 1 aromatic rings. The molecule has 0 radical (unpaired) electrons. The van der Waals surface area contributed by atoms with Crippen LogP contribution in [0.1, 0.15) is 5.56 Å². The van der Waals surface area contributed by atoms with Crippen LogP contribution in [0.4, 0.5) is 0 Å². The van der Waals surface area contributed by atoms with Crippen molar-refractivity contribution >= 4 is 15.4 Å². The fraction of sp³-hybridized carbons (Fsp3) is 0.111. The molecule has 58 valence electrons. The average Bonchev–Trinajstić information content (AvgIpc) is 2.05. The van der Waals surface area contributed by atoms with Crippen LogP contribution in [-0.4, -0.2) is 17.4 Å². The summed E-state index contributed by atoms with van der Waals surface area (Å²) in [5.74, 6) is 0.900. The van der Waals surface area contributed by atoms with Gasteiger partial charge in [-0.05, 0) is 17.7 Å². The highest BCUT2D eigenvalue weighted by molar-refractivity contribution is 6.41. The Kier molecular flexibility index (Phi) is 2.49. The second-order valence-electron chi connectivity index (χ2n) is 2.51. The Labute approximate surface area is 70.1 Å². The van der Waals surface area contributed by atoms with Crippen molar-refractivity contribution in [3.8, 4) is 5.75 Å². The third kappa shape index (κ3) is 1.95. The summed E-state index contributed by atoms with van der Waals surface area (Å²) in [5.41, 5.74) is 1.22. The van der Waals surface area contributed by atoms with E-state index in [1.54, 1.807) is 7.11 Å². The smallest absolute Gasteiger partial charge is 0.118 e. The lowest BCUT2D eigenvalue weighted by Crippen LogP contribution is -1.84. The molecule has 0 spiro atoms. The Hall–Kier alpha value is -1.02. The third-order valence-electron chi connectivity index (χ3n) is 1.58. The molecule has 0 unspecified atom stereocenters. The summed E-state index contributed by atoms with van der Waals surface area (Å²) in [6, 6.07) is 7.99. The topological polar surface area (TPSA) is 9.23 Å². The van der Waals surface area contributed by atoms with Gasteiger partial charge in [0.25, 0.3) is 0 Å². The zero-order valence-electron chi connectivity index (χ0n) is 6.92. The second kappa shape index (κ2) is 3.39. The van der Waals surface area contributed by atoms with Gasteiger partial charge >= 0.3 is 0 Å². The molecule has 11 heavy (non-hydrogen) atoms. The molecule has 0 aliphatic rings. The van der Waals surface area contributed by atoms with Gasteiger partial charge in [0, 0.05) is 10.2 Å². The average molecular weight is 164 g/mol. The molecule has 0 atom stereocenters. The Balaban J connectivity index is 2.91. The first kappa shape index (κ1) is 8.08. The molecular weight excluding hydrogens is 152 g/mol. The Morgan fingerprint density at radius 1 is 1.36 bits per heavy atom. The van der Waals surface area contributed by atoms with Gasteiger partial charge in [-0.25, -0.2) is 0 Å². The van der Waals surface area contributed by atoms with E-state index in [0.717, 1.165) is 16.0 Å². The Bertz CT molecular complexity index is 251. The SMILES string of the molecule is C=C([SiH3])c1ccc(OC)cc1. The van der Waals surface area contributed by atoms with E-state index < -0.39 is 0 Å². The molecule has 0 bridgehead atoms. The summed E-state index contributed by atoms with van der Waals surface area (Å²) < 4.78 is 5.03. The molecule has 1 nitrogen and oxygen atoms in total. The van der Waals surface area contributed by atoms with Gasteiger partial charge in [-0.2, -0.15) is 0 Å². The van der Waals surface area contributed by atoms with E-state index in [2.05, 4.69) is 6.58 Å². The number of methoxy groups -OCH3 is 1. The predicted octanol–water partition coefficient (Wildman–Crippen LogP) is 1.03. The Morgan fingerprint density at radius 2 is 1.91 bits per heavy atom. The van der Waals surface area contributed by atoms with Gasteiger partial charge in [0.2, 0.25) is 0 Å². The highest BCUT2D eigenvalue weighted by Gasteiger charge is 1.92. The number of hydrogen-bond acceptors (Lipinski definition) is 1. The molecule has 0 N–H and O–H groups in total. The summed E-state index contributed by atoms with van der Waals surface area (Å²) in [5, 5.41) is 1.22. The van der Waals surface area contributed by atoms with Gasteiger partial charge in [0.05, 0.1) is 7.11 Å². The molecule has 0 aliphatic heterocycles. The first-order valence-electron chi connectivity index (χ1n) is 3.54. The van der Waals surface area contributed by atoms with E-state index in [1.165, 1.54) is 10.8 Å². The van der Waals surface area contributed by atoms with Crippen molar-refractivity contribution in [3.05, 3.63) is 36.4 Å². The van der Waals surface area contributed by atoms with Crippen molar-refractivity contribution in [2.45, 2.75) is 0 Å². The highest BCUT2D eigenvalue weighted by atomic mass is 28.1. The van der Waals surface area contributed by atoms with Crippen LogP contribution in [0, 0.1) is 0 Å². The second-order valence-corrected chi connectivity index (χ2v) is 3.72. The minimum atomic E-state index is 0.900. The van der Waals surface area contributed by atoms with Gasteiger partial charge in [0.15, 0.2) is 0 Å². The van der Waals surface area contributed by atoms with Crippen LogP contribution < -0.4 is 4.74 Å². The van der Waals surface area contributed by atoms with Crippen molar-refractivity contribution in [2.24, 2.45) is 0 Å².